The van der Waals surface area contributed by atoms with Gasteiger partial charge in [0.25, 0.3) is 0 Å². The van der Waals surface area contributed by atoms with Gasteiger partial charge in [-0.3, -0.25) is 24.4 Å². The number of carboxylic acids is 1. The van der Waals surface area contributed by atoms with Gasteiger partial charge in [0.1, 0.15) is 16.7 Å². The minimum absolute atomic E-state index is 0.0406. The van der Waals surface area contributed by atoms with E-state index < -0.39 is 129 Å². The lowest BCUT2D eigenvalue weighted by Gasteiger charge is -2.34. The Bertz CT molecular complexity index is 4940. The normalized spacial score (nSPS) is 17.5. The van der Waals surface area contributed by atoms with Gasteiger partial charge in [-0.25, -0.2) is 42.5 Å². The van der Waals surface area contributed by atoms with Crippen LogP contribution < -0.4 is 28.9 Å². The van der Waals surface area contributed by atoms with Crippen molar-refractivity contribution in [1.29, 1.82) is 0 Å². The van der Waals surface area contributed by atoms with Crippen LogP contribution in [0.3, 0.4) is 0 Å². The number of alkyl halides is 10. The van der Waals surface area contributed by atoms with Gasteiger partial charge in [-0.15, -0.1) is 11.6 Å². The molecule has 3 aliphatic carbocycles. The highest BCUT2D eigenvalue weighted by atomic mass is 35.5. The molecular formula is C87H93ClF12N8O12. The molecule has 8 aromatic rings. The number of aromatic carboxylic acids is 1. The number of esters is 2. The summed E-state index contributed by atoms with van der Waals surface area (Å²) in [4.78, 5) is 101. The number of methoxy groups -OCH3 is 2. The van der Waals surface area contributed by atoms with Gasteiger partial charge >= 0.3 is 36.4 Å². The van der Waals surface area contributed by atoms with Gasteiger partial charge in [-0.2, -0.15) is 39.5 Å². The molecule has 0 atom stereocenters. The molecule has 20 nitrogen and oxygen atoms in total. The van der Waals surface area contributed by atoms with E-state index in [1.807, 2.05) is 0 Å². The van der Waals surface area contributed by atoms with Crippen molar-refractivity contribution in [2.45, 2.75) is 195 Å². The van der Waals surface area contributed by atoms with Gasteiger partial charge in [-0.1, -0.05) is 32.9 Å². The molecule has 5 heterocycles. The molecule has 120 heavy (non-hydrogen) atoms. The summed E-state index contributed by atoms with van der Waals surface area (Å²) < 4.78 is 197. The van der Waals surface area contributed by atoms with Crippen LogP contribution in [0.5, 0.6) is 34.9 Å². The molecule has 3 fully saturated rings. The van der Waals surface area contributed by atoms with Crippen LogP contribution in [0, 0.1) is 53.0 Å². The minimum Gasteiger partial charge on any atom is -0.478 e. The SMILES string of the molecule is CC1CCC(C(=O)N(c2cc(F)c(Oc3ncc(Cc4cccnc4)cc3C(F)(F)F)cc2C(=O)O)C(C)C)CC1.COC(=O)c1cc(Oc2ncc(CCl)cc2C(F)(F)F)c(F)cc1N(C(=O)C1CCC(C)CC1)C(C)C.COC(=O)c1cc(Oc2ncc(Cc3cccnc3)cc2C(F)(F)F)c(F)cc1N(C(=O)C1CCC(C)CC1)C(C)C. The number of benzene rings is 3. The summed E-state index contributed by atoms with van der Waals surface area (Å²) >= 11 is 5.63. The van der Waals surface area contributed by atoms with Crippen molar-refractivity contribution in [3.8, 4) is 34.9 Å². The van der Waals surface area contributed by atoms with Crippen LogP contribution >= 0.6 is 11.6 Å². The zero-order valence-corrected chi connectivity index (χ0v) is 68.5. The van der Waals surface area contributed by atoms with Crippen molar-refractivity contribution in [2.75, 3.05) is 28.9 Å². The molecule has 0 saturated heterocycles. The van der Waals surface area contributed by atoms with Gasteiger partial charge in [-0.05, 0) is 194 Å². The smallest absolute Gasteiger partial charge is 0.421 e. The summed E-state index contributed by atoms with van der Waals surface area (Å²) in [6.07, 6.45) is 4.41. The van der Waals surface area contributed by atoms with E-state index in [4.69, 9.17) is 35.3 Å². The first-order chi connectivity index (χ1) is 56.6. The lowest BCUT2D eigenvalue weighted by atomic mass is 9.82. The molecule has 0 spiro atoms. The number of amides is 3. The first kappa shape index (κ1) is 93.0. The summed E-state index contributed by atoms with van der Waals surface area (Å²) in [5, 5.41) is 9.95. The van der Waals surface area contributed by atoms with Gasteiger partial charge in [0, 0.05) is 134 Å². The number of hydrogen-bond acceptors (Lipinski definition) is 16. The van der Waals surface area contributed by atoms with Crippen LogP contribution in [0.25, 0.3) is 0 Å². The minimum atomic E-state index is -4.89. The fraction of sp³-hybridized carbons (Fsp3) is 0.437. The molecule has 3 amide bonds. The fourth-order valence-electron chi connectivity index (χ4n) is 14.6. The molecule has 3 aliphatic rings. The number of ether oxygens (including phenoxy) is 5. The maximum absolute atomic E-state index is 15.5. The van der Waals surface area contributed by atoms with Crippen molar-refractivity contribution in [3.63, 3.8) is 0 Å². The molecule has 11 rings (SSSR count). The Morgan fingerprint density at radius 3 is 0.967 bits per heavy atom. The second-order valence-corrected chi connectivity index (χ2v) is 31.3. The Hall–Kier alpha value is -10.9. The van der Waals surface area contributed by atoms with Crippen molar-refractivity contribution in [1.82, 2.24) is 24.9 Å². The number of pyridine rings is 5. The zero-order valence-electron chi connectivity index (χ0n) is 67.8. The van der Waals surface area contributed by atoms with Crippen LogP contribution in [-0.4, -0.2) is 98.0 Å². The topological polar surface area (TPSA) is 243 Å². The summed E-state index contributed by atoms with van der Waals surface area (Å²) in [6.45, 7) is 16.6. The summed E-state index contributed by atoms with van der Waals surface area (Å²) in [7, 11) is 2.22. The van der Waals surface area contributed by atoms with E-state index in [0.717, 1.165) is 114 Å². The van der Waals surface area contributed by atoms with E-state index in [-0.39, 0.29) is 99.1 Å². The number of halogens is 13. The first-order valence-corrected chi connectivity index (χ1v) is 39.6. The largest absolute Gasteiger partial charge is 0.478 e. The lowest BCUT2D eigenvalue weighted by Crippen LogP contribution is -2.43. The van der Waals surface area contributed by atoms with E-state index >= 15 is 13.2 Å². The number of anilines is 3. The predicted molar refractivity (Wildman–Crippen MR) is 422 cm³/mol. The zero-order chi connectivity index (χ0) is 88.0. The van der Waals surface area contributed by atoms with E-state index in [0.29, 0.717) is 67.4 Å². The first-order valence-electron chi connectivity index (χ1n) is 39.1. The molecule has 1 N–H and O–H groups in total. The number of nitrogens with zero attached hydrogens (tertiary/aromatic N) is 8. The monoisotopic (exact) mass is 1700 g/mol. The number of hydrogen-bond donors (Lipinski definition) is 1. The molecular weight excluding hydrogens is 1610 g/mol. The second kappa shape index (κ2) is 40.4. The molecule has 33 heteroatoms. The van der Waals surface area contributed by atoms with Crippen LogP contribution in [-0.2, 0) is 61.1 Å². The third-order valence-corrected chi connectivity index (χ3v) is 21.3. The van der Waals surface area contributed by atoms with Gasteiger partial charge in [0.15, 0.2) is 34.7 Å². The third-order valence-electron chi connectivity index (χ3n) is 21.0. The molecule has 0 aliphatic heterocycles. The molecule has 0 radical (unpaired) electrons. The Morgan fingerprint density at radius 2 is 0.708 bits per heavy atom. The summed E-state index contributed by atoms with van der Waals surface area (Å²) in [6, 6.07) is 13.2. The standard InChI is InChI=1S/C31H33F4N3O4.C30H31F4N3O4.C26H29ClF4N2O4/c1-18(2)38(29(39)22-9-7-19(3)8-10-22)26-15-25(32)27(14-23(26)30(40)41-4)42-28-24(31(33,34)35)13-21(17-37-28)12-20-6-5-11-36-16-20;1-17(2)37(28(38)21-8-6-18(3)7-9-21)25-14-24(31)26(13-22(25)29(39)40)41-27-23(30(32,33)34)12-20(16-36-27)11-19-5-4-10-35-15-19;1-14(2)33(24(34)17-7-5-15(3)6-8-17)21-11-20(28)22(10-18(21)25(35)36-4)37-23-19(26(29,30)31)9-16(12-27)13-32-23/h5-6,11,13-19,22H,7-10,12H2,1-4H3;4-5,10,12-18,21H,6-9,11H2,1-3H3,(H,39,40);9-11,13-15,17H,5-8,12H2,1-4H3. The quantitative estimate of drug-likeness (QED) is 0.0355. The Morgan fingerprint density at radius 1 is 0.425 bits per heavy atom. The molecule has 0 unspecified atom stereocenters. The predicted octanol–water partition coefficient (Wildman–Crippen LogP) is 21.8. The number of carbonyl (C=O) groups is 6. The van der Waals surface area contributed by atoms with Gasteiger partial charge < -0.3 is 43.5 Å². The van der Waals surface area contributed by atoms with E-state index in [2.05, 4.69) is 45.7 Å². The number of aromatic nitrogens is 5. The van der Waals surface area contributed by atoms with Crippen LogP contribution in [0.15, 0.2) is 122 Å². The van der Waals surface area contributed by atoms with Gasteiger partial charge in [0.05, 0.1) is 48.0 Å². The van der Waals surface area contributed by atoms with Crippen molar-refractivity contribution in [2.24, 2.45) is 35.5 Å². The lowest BCUT2D eigenvalue weighted by molar-refractivity contribution is -0.139. The Kier molecular flexibility index (Phi) is 31.3. The number of rotatable bonds is 23. The van der Waals surface area contributed by atoms with Crippen molar-refractivity contribution < 1.29 is 110 Å². The Balaban J connectivity index is 0.000000205. The van der Waals surface area contributed by atoms with Crippen LogP contribution in [0.4, 0.5) is 69.7 Å². The van der Waals surface area contributed by atoms with Crippen LogP contribution in [0.2, 0.25) is 0 Å². The van der Waals surface area contributed by atoms with E-state index in [1.54, 1.807) is 72.0 Å². The van der Waals surface area contributed by atoms with E-state index in [9.17, 15) is 73.4 Å². The molecule has 0 bridgehead atoms. The maximum atomic E-state index is 15.5. The Labute approximate surface area is 691 Å². The molecule has 644 valence electrons. The number of carbonyl (C=O) groups excluding carboxylic acids is 5. The second-order valence-electron chi connectivity index (χ2n) is 31.1. The van der Waals surface area contributed by atoms with Crippen molar-refractivity contribution in [3.05, 3.63) is 201 Å². The average Bonchev–Trinajstić information content (AvgIpc) is 0.783. The summed E-state index contributed by atoms with van der Waals surface area (Å²) in [5.74, 6) is -11.8. The maximum Gasteiger partial charge on any atom is 0.421 e. The average molecular weight is 1710 g/mol. The van der Waals surface area contributed by atoms with Gasteiger partial charge in [0.2, 0.25) is 35.4 Å². The molecule has 3 saturated carbocycles. The number of carboxylic acid groups (broad SMARTS) is 1. The highest BCUT2D eigenvalue weighted by molar-refractivity contribution is 6.17. The third kappa shape index (κ3) is 23.6. The molecule has 3 aromatic carbocycles. The summed E-state index contributed by atoms with van der Waals surface area (Å²) in [5.41, 5.74) is -2.99. The fourth-order valence-corrected chi connectivity index (χ4v) is 14.8. The molecule has 5 aromatic heterocycles. The highest BCUT2D eigenvalue weighted by Crippen LogP contribution is 2.46. The van der Waals surface area contributed by atoms with Crippen LogP contribution in [0.1, 0.15) is 215 Å². The highest BCUT2D eigenvalue weighted by Gasteiger charge is 2.42. The van der Waals surface area contributed by atoms with Crippen molar-refractivity contribution >= 4 is 64.3 Å². The van der Waals surface area contributed by atoms with E-state index in [1.165, 1.54) is 45.7 Å².